The van der Waals surface area contributed by atoms with E-state index in [9.17, 15) is 9.18 Å². The molecule has 2 aliphatic rings. The van der Waals surface area contributed by atoms with Gasteiger partial charge in [-0.05, 0) is 62.5 Å². The highest BCUT2D eigenvalue weighted by molar-refractivity contribution is 5.75. The third kappa shape index (κ3) is 8.69. The van der Waals surface area contributed by atoms with Crippen LogP contribution in [0.4, 0.5) is 4.39 Å². The maximum Gasteiger partial charge on any atom is 0.314 e. The minimum absolute atomic E-state index is 0.0521. The van der Waals surface area contributed by atoms with Crippen LogP contribution in [0.3, 0.4) is 0 Å². The Morgan fingerprint density at radius 2 is 1.65 bits per heavy atom. The fraction of sp³-hybridized carbons (Fsp3) is 0.724. The number of hydrogen-bond donors (Lipinski definition) is 0. The summed E-state index contributed by atoms with van der Waals surface area (Å²) in [5.41, 5.74) is -0.0521. The molecule has 1 aromatic carbocycles. The average molecular weight is 472 g/mol. The van der Waals surface area contributed by atoms with Gasteiger partial charge in [0.25, 0.3) is 0 Å². The lowest BCUT2D eigenvalue weighted by molar-refractivity contribution is -0.141. The van der Waals surface area contributed by atoms with Crippen LogP contribution in [0.5, 0.6) is 5.75 Å². The summed E-state index contributed by atoms with van der Waals surface area (Å²) in [7, 11) is 0. The Hall–Kier alpha value is -1.93. The Balaban J connectivity index is 1.26. The molecule has 188 valence electrons. The number of esters is 1. The molecule has 5 heteroatoms. The van der Waals surface area contributed by atoms with E-state index in [1.54, 1.807) is 6.07 Å². The highest BCUT2D eigenvalue weighted by Crippen LogP contribution is 2.34. The molecule has 2 aliphatic carbocycles. The third-order valence-corrected chi connectivity index (χ3v) is 7.79. The number of ether oxygens (including phenoxy) is 2. The molecule has 0 heterocycles. The third-order valence-electron chi connectivity index (χ3n) is 7.79. The summed E-state index contributed by atoms with van der Waals surface area (Å²) in [6.45, 7) is 3.13. The van der Waals surface area contributed by atoms with Crippen LogP contribution in [0.1, 0.15) is 109 Å². The van der Waals surface area contributed by atoms with Gasteiger partial charge in [0.05, 0.1) is 17.6 Å². The Morgan fingerprint density at radius 3 is 2.32 bits per heavy atom. The molecule has 0 aliphatic heterocycles. The van der Waals surface area contributed by atoms with E-state index in [2.05, 4.69) is 6.92 Å². The van der Waals surface area contributed by atoms with Crippen molar-refractivity contribution in [1.29, 1.82) is 5.26 Å². The van der Waals surface area contributed by atoms with Gasteiger partial charge >= 0.3 is 5.97 Å². The van der Waals surface area contributed by atoms with E-state index in [1.807, 2.05) is 0 Å². The zero-order chi connectivity index (χ0) is 24.2. The Morgan fingerprint density at radius 1 is 0.971 bits per heavy atom. The van der Waals surface area contributed by atoms with E-state index < -0.39 is 5.82 Å². The maximum absolute atomic E-state index is 13.7. The fourth-order valence-electron chi connectivity index (χ4n) is 5.49. The summed E-state index contributed by atoms with van der Waals surface area (Å²) in [6, 6.07) is 5.68. The first-order valence-electron chi connectivity index (χ1n) is 13.6. The first-order chi connectivity index (χ1) is 16.6. The standard InChI is InChI=1S/C29H42FNO3/c1-2-3-4-5-6-7-8-22-9-11-23(12-10-22)21-33-26-16-13-24(14-17-26)29(32)34-27-18-15-25(20-31)28(30)19-27/h15,18-19,22-24,26H,2-14,16-17,21H2,1H3/t22-,23-,24-,26-. The molecule has 0 bridgehead atoms. The van der Waals surface area contributed by atoms with Crippen molar-refractivity contribution in [2.24, 2.45) is 17.8 Å². The SMILES string of the molecule is CCCCCCCC[C@H]1CC[C@H](CO[C@H]2CC[C@H](C(=O)Oc3ccc(C#N)c(F)c3)CC2)CC1. The molecular formula is C29H42FNO3. The zero-order valence-corrected chi connectivity index (χ0v) is 20.9. The molecule has 0 unspecified atom stereocenters. The lowest BCUT2D eigenvalue weighted by atomic mass is 9.80. The molecule has 0 spiro atoms. The first-order valence-corrected chi connectivity index (χ1v) is 13.6. The Labute approximate surface area is 205 Å². The van der Waals surface area contributed by atoms with Crippen molar-refractivity contribution < 1.29 is 18.7 Å². The highest BCUT2D eigenvalue weighted by atomic mass is 19.1. The molecule has 0 aromatic heterocycles. The normalized spacial score (nSPS) is 25.0. The number of rotatable bonds is 12. The molecule has 1 aromatic rings. The predicted octanol–water partition coefficient (Wildman–Crippen LogP) is 7.74. The number of carbonyl (C=O) groups excluding carboxylic acids is 1. The fourth-order valence-corrected chi connectivity index (χ4v) is 5.49. The number of nitrogens with zero attached hydrogens (tertiary/aromatic N) is 1. The van der Waals surface area contributed by atoms with E-state index in [-0.39, 0.29) is 29.3 Å². The van der Waals surface area contributed by atoms with Gasteiger partial charge in [-0.15, -0.1) is 0 Å². The summed E-state index contributed by atoms with van der Waals surface area (Å²) in [5, 5.41) is 8.81. The zero-order valence-electron chi connectivity index (χ0n) is 20.9. The quantitative estimate of drug-likeness (QED) is 0.178. The van der Waals surface area contributed by atoms with Crippen LogP contribution in [0.15, 0.2) is 18.2 Å². The van der Waals surface area contributed by atoms with Crippen LogP contribution in [0, 0.1) is 34.9 Å². The van der Waals surface area contributed by atoms with Crippen molar-refractivity contribution >= 4 is 5.97 Å². The molecule has 34 heavy (non-hydrogen) atoms. The summed E-state index contributed by atoms with van der Waals surface area (Å²) >= 11 is 0. The monoisotopic (exact) mass is 471 g/mol. The molecule has 3 rings (SSSR count). The van der Waals surface area contributed by atoms with Gasteiger partial charge in [-0.3, -0.25) is 4.79 Å². The van der Waals surface area contributed by atoms with Gasteiger partial charge in [0, 0.05) is 12.7 Å². The van der Waals surface area contributed by atoms with Crippen LogP contribution < -0.4 is 4.74 Å². The average Bonchev–Trinajstić information content (AvgIpc) is 2.86. The largest absolute Gasteiger partial charge is 0.426 e. The van der Waals surface area contributed by atoms with E-state index in [0.717, 1.165) is 44.3 Å². The van der Waals surface area contributed by atoms with Gasteiger partial charge in [0.1, 0.15) is 17.6 Å². The molecular weight excluding hydrogens is 429 g/mol. The van der Waals surface area contributed by atoms with Crippen LogP contribution in [0.25, 0.3) is 0 Å². The van der Waals surface area contributed by atoms with Crippen molar-refractivity contribution in [1.82, 2.24) is 0 Å². The molecule has 2 fully saturated rings. The minimum atomic E-state index is -0.665. The van der Waals surface area contributed by atoms with Crippen LogP contribution in [-0.4, -0.2) is 18.7 Å². The van der Waals surface area contributed by atoms with Gasteiger partial charge in [-0.2, -0.15) is 5.26 Å². The van der Waals surface area contributed by atoms with E-state index in [1.165, 1.54) is 82.8 Å². The van der Waals surface area contributed by atoms with E-state index in [0.29, 0.717) is 5.92 Å². The van der Waals surface area contributed by atoms with Crippen LogP contribution in [-0.2, 0) is 9.53 Å². The van der Waals surface area contributed by atoms with Crippen LogP contribution in [0.2, 0.25) is 0 Å². The second-order valence-electron chi connectivity index (χ2n) is 10.4. The molecule has 2 saturated carbocycles. The molecule has 0 amide bonds. The molecule has 0 N–H and O–H groups in total. The second-order valence-corrected chi connectivity index (χ2v) is 10.4. The smallest absolute Gasteiger partial charge is 0.314 e. The number of benzene rings is 1. The van der Waals surface area contributed by atoms with Crippen molar-refractivity contribution in [2.75, 3.05) is 6.61 Å². The Bertz CT molecular complexity index is 789. The van der Waals surface area contributed by atoms with Gasteiger partial charge in [-0.25, -0.2) is 4.39 Å². The lowest BCUT2D eigenvalue weighted by Gasteiger charge is -2.31. The van der Waals surface area contributed by atoms with Crippen molar-refractivity contribution in [3.63, 3.8) is 0 Å². The summed E-state index contributed by atoms with van der Waals surface area (Å²) in [5.74, 6) is 0.624. The van der Waals surface area contributed by atoms with Crippen LogP contribution >= 0.6 is 0 Å². The Kier molecular flexibility index (Phi) is 11.3. The number of hydrogen-bond acceptors (Lipinski definition) is 4. The molecule has 4 nitrogen and oxygen atoms in total. The molecule has 0 saturated heterocycles. The van der Waals surface area contributed by atoms with E-state index in [4.69, 9.17) is 14.7 Å². The number of unbranched alkanes of at least 4 members (excludes halogenated alkanes) is 5. The van der Waals surface area contributed by atoms with Crippen molar-refractivity contribution in [2.45, 2.75) is 109 Å². The van der Waals surface area contributed by atoms with Crippen molar-refractivity contribution in [3.05, 3.63) is 29.6 Å². The minimum Gasteiger partial charge on any atom is -0.426 e. The number of nitriles is 1. The highest BCUT2D eigenvalue weighted by Gasteiger charge is 2.29. The number of carbonyl (C=O) groups is 1. The first kappa shape index (κ1) is 26.7. The maximum atomic E-state index is 13.7. The van der Waals surface area contributed by atoms with Gasteiger partial charge in [-0.1, -0.05) is 64.7 Å². The molecule has 0 atom stereocenters. The summed E-state index contributed by atoms with van der Waals surface area (Å²) in [4.78, 5) is 12.5. The summed E-state index contributed by atoms with van der Waals surface area (Å²) < 4.78 is 25.3. The molecule has 0 radical (unpaired) electrons. The summed E-state index contributed by atoms with van der Waals surface area (Å²) in [6.07, 6.45) is 18.5. The van der Waals surface area contributed by atoms with Crippen molar-refractivity contribution in [3.8, 4) is 11.8 Å². The van der Waals surface area contributed by atoms with Gasteiger partial charge in [0.15, 0.2) is 0 Å². The lowest BCUT2D eigenvalue weighted by Crippen LogP contribution is -2.30. The van der Waals surface area contributed by atoms with E-state index >= 15 is 0 Å². The van der Waals surface area contributed by atoms with Gasteiger partial charge in [0.2, 0.25) is 0 Å². The topological polar surface area (TPSA) is 59.3 Å². The predicted molar refractivity (Wildman–Crippen MR) is 132 cm³/mol. The second kappa shape index (κ2) is 14.5. The van der Waals surface area contributed by atoms with Gasteiger partial charge < -0.3 is 9.47 Å². The number of halogens is 1.